The molecular formula is C11H13Cl2NO2. The zero-order valence-corrected chi connectivity index (χ0v) is 10.6. The van der Waals surface area contributed by atoms with Crippen LogP contribution in [0.25, 0.3) is 0 Å². The molecule has 0 bridgehead atoms. The number of nitrogens with one attached hydrogen (secondary N) is 1. The monoisotopic (exact) mass is 261 g/mol. The summed E-state index contributed by atoms with van der Waals surface area (Å²) in [6.45, 7) is 3.79. The molecule has 0 aliphatic heterocycles. The largest absolute Gasteiger partial charge is 0.489 e. The fraction of sp³-hybridized carbons (Fsp3) is 0.364. The fourth-order valence-electron chi connectivity index (χ4n) is 1.13. The van der Waals surface area contributed by atoms with Crippen LogP contribution in [0.15, 0.2) is 18.2 Å². The van der Waals surface area contributed by atoms with Crippen molar-refractivity contribution in [1.82, 2.24) is 0 Å². The number of hydrogen-bond acceptors (Lipinski definition) is 2. The first-order valence-electron chi connectivity index (χ1n) is 4.85. The van der Waals surface area contributed by atoms with Crippen LogP contribution in [0.3, 0.4) is 0 Å². The summed E-state index contributed by atoms with van der Waals surface area (Å²) in [7, 11) is 0. The van der Waals surface area contributed by atoms with Crippen LogP contribution in [0, 0.1) is 0 Å². The van der Waals surface area contributed by atoms with Crippen LogP contribution in [0.4, 0.5) is 5.69 Å². The summed E-state index contributed by atoms with van der Waals surface area (Å²) in [5.74, 6) is 0.169. The SMILES string of the molecule is CC(C)Oc1cc(Cl)ccc1NC(=O)CCl. The van der Waals surface area contributed by atoms with Gasteiger partial charge < -0.3 is 10.1 Å². The molecule has 1 rings (SSSR count). The van der Waals surface area contributed by atoms with E-state index >= 15 is 0 Å². The Balaban J connectivity index is 2.93. The molecule has 0 unspecified atom stereocenters. The minimum Gasteiger partial charge on any atom is -0.489 e. The maximum Gasteiger partial charge on any atom is 0.239 e. The molecule has 3 nitrogen and oxygen atoms in total. The molecule has 0 saturated carbocycles. The quantitative estimate of drug-likeness (QED) is 0.845. The van der Waals surface area contributed by atoms with Crippen molar-refractivity contribution in [2.45, 2.75) is 20.0 Å². The smallest absolute Gasteiger partial charge is 0.239 e. The van der Waals surface area contributed by atoms with Crippen molar-refractivity contribution in [2.75, 3.05) is 11.2 Å². The molecule has 0 heterocycles. The third-order valence-electron chi connectivity index (χ3n) is 1.70. The highest BCUT2D eigenvalue weighted by Crippen LogP contribution is 2.29. The van der Waals surface area contributed by atoms with E-state index in [-0.39, 0.29) is 17.9 Å². The highest BCUT2D eigenvalue weighted by molar-refractivity contribution is 6.31. The van der Waals surface area contributed by atoms with Gasteiger partial charge in [-0.2, -0.15) is 0 Å². The Labute approximate surface area is 105 Å². The summed E-state index contributed by atoms with van der Waals surface area (Å²) in [6.07, 6.45) is 0.00474. The van der Waals surface area contributed by atoms with Crippen LogP contribution in [-0.2, 0) is 4.79 Å². The molecule has 0 fully saturated rings. The molecule has 0 spiro atoms. The first kappa shape index (κ1) is 13.1. The summed E-state index contributed by atoms with van der Waals surface area (Å²) >= 11 is 11.3. The Bertz CT molecular complexity index is 380. The van der Waals surface area contributed by atoms with Gasteiger partial charge in [-0.25, -0.2) is 0 Å². The van der Waals surface area contributed by atoms with Crippen molar-refractivity contribution in [1.29, 1.82) is 0 Å². The van der Waals surface area contributed by atoms with Crippen LogP contribution in [0.2, 0.25) is 5.02 Å². The minimum atomic E-state index is -0.280. The van der Waals surface area contributed by atoms with Gasteiger partial charge in [0.05, 0.1) is 11.8 Å². The van der Waals surface area contributed by atoms with Gasteiger partial charge in [0, 0.05) is 11.1 Å². The number of ether oxygens (including phenoxy) is 1. The average molecular weight is 262 g/mol. The van der Waals surface area contributed by atoms with Crippen molar-refractivity contribution in [3.05, 3.63) is 23.2 Å². The normalized spacial score (nSPS) is 10.3. The number of carbonyl (C=O) groups excluding carboxylic acids is 1. The number of anilines is 1. The molecule has 1 N–H and O–H groups in total. The molecule has 16 heavy (non-hydrogen) atoms. The highest BCUT2D eigenvalue weighted by Gasteiger charge is 2.09. The molecular weight excluding hydrogens is 249 g/mol. The van der Waals surface area contributed by atoms with Gasteiger partial charge in [-0.05, 0) is 26.0 Å². The predicted molar refractivity (Wildman–Crippen MR) is 66.6 cm³/mol. The van der Waals surface area contributed by atoms with Crippen LogP contribution < -0.4 is 10.1 Å². The third kappa shape index (κ3) is 3.91. The summed E-state index contributed by atoms with van der Waals surface area (Å²) in [5.41, 5.74) is 0.573. The number of rotatable bonds is 4. The molecule has 0 saturated heterocycles. The summed E-state index contributed by atoms with van der Waals surface area (Å²) in [6, 6.07) is 5.02. The van der Waals surface area contributed by atoms with E-state index in [2.05, 4.69) is 5.32 Å². The van der Waals surface area contributed by atoms with Crippen LogP contribution >= 0.6 is 23.2 Å². The van der Waals surface area contributed by atoms with E-state index < -0.39 is 0 Å². The second-order valence-electron chi connectivity index (χ2n) is 3.49. The van der Waals surface area contributed by atoms with Crippen molar-refractivity contribution < 1.29 is 9.53 Å². The first-order valence-corrected chi connectivity index (χ1v) is 5.76. The Hall–Kier alpha value is -0.930. The lowest BCUT2D eigenvalue weighted by molar-refractivity contribution is -0.113. The summed E-state index contributed by atoms with van der Waals surface area (Å²) in [4.78, 5) is 11.2. The van der Waals surface area contributed by atoms with Crippen molar-refractivity contribution in [3.8, 4) is 5.75 Å². The van der Waals surface area contributed by atoms with Gasteiger partial charge in [-0.1, -0.05) is 11.6 Å². The summed E-state index contributed by atoms with van der Waals surface area (Å²) in [5, 5.41) is 3.19. The molecule has 0 aliphatic carbocycles. The zero-order chi connectivity index (χ0) is 12.1. The number of halogens is 2. The van der Waals surface area contributed by atoms with Gasteiger partial charge in [-0.15, -0.1) is 11.6 Å². The van der Waals surface area contributed by atoms with E-state index in [1.165, 1.54) is 0 Å². The van der Waals surface area contributed by atoms with E-state index in [1.54, 1.807) is 18.2 Å². The van der Waals surface area contributed by atoms with Crippen LogP contribution in [-0.4, -0.2) is 17.9 Å². The third-order valence-corrected chi connectivity index (χ3v) is 2.18. The average Bonchev–Trinajstić information content (AvgIpc) is 2.21. The standard InChI is InChI=1S/C11H13Cl2NO2/c1-7(2)16-10-5-8(13)3-4-9(10)14-11(15)6-12/h3-5,7H,6H2,1-2H3,(H,14,15). The molecule has 0 radical (unpaired) electrons. The maximum absolute atomic E-state index is 11.2. The Morgan fingerprint density at radius 1 is 1.50 bits per heavy atom. The van der Waals surface area contributed by atoms with Gasteiger partial charge in [0.2, 0.25) is 5.91 Å². The Morgan fingerprint density at radius 3 is 2.75 bits per heavy atom. The van der Waals surface area contributed by atoms with Gasteiger partial charge in [-0.3, -0.25) is 4.79 Å². The van der Waals surface area contributed by atoms with E-state index in [0.717, 1.165) is 0 Å². The van der Waals surface area contributed by atoms with E-state index in [0.29, 0.717) is 16.5 Å². The number of benzene rings is 1. The highest BCUT2D eigenvalue weighted by atomic mass is 35.5. The second kappa shape index (κ2) is 5.97. The fourth-order valence-corrected chi connectivity index (χ4v) is 1.36. The molecule has 1 amide bonds. The lowest BCUT2D eigenvalue weighted by atomic mass is 10.3. The number of hydrogen-bond donors (Lipinski definition) is 1. The van der Waals surface area contributed by atoms with Crippen molar-refractivity contribution >= 4 is 34.8 Å². The van der Waals surface area contributed by atoms with Gasteiger partial charge >= 0.3 is 0 Å². The number of amides is 1. The topological polar surface area (TPSA) is 38.3 Å². The Morgan fingerprint density at radius 2 is 2.19 bits per heavy atom. The van der Waals surface area contributed by atoms with Gasteiger partial charge in [0.25, 0.3) is 0 Å². The van der Waals surface area contributed by atoms with Crippen LogP contribution in [0.5, 0.6) is 5.75 Å². The lowest BCUT2D eigenvalue weighted by Gasteiger charge is -2.14. The predicted octanol–water partition coefficient (Wildman–Crippen LogP) is 3.30. The lowest BCUT2D eigenvalue weighted by Crippen LogP contribution is -2.15. The van der Waals surface area contributed by atoms with Gasteiger partial charge in [0.15, 0.2) is 0 Å². The first-order chi connectivity index (χ1) is 7.52. The maximum atomic E-state index is 11.2. The molecule has 1 aromatic rings. The number of carbonyl (C=O) groups is 1. The van der Waals surface area contributed by atoms with Crippen molar-refractivity contribution in [3.63, 3.8) is 0 Å². The summed E-state index contributed by atoms with van der Waals surface area (Å²) < 4.78 is 5.53. The molecule has 88 valence electrons. The molecule has 5 heteroatoms. The Kier molecular flexibility index (Phi) is 4.90. The second-order valence-corrected chi connectivity index (χ2v) is 4.19. The van der Waals surface area contributed by atoms with Crippen molar-refractivity contribution in [2.24, 2.45) is 0 Å². The molecule has 0 aromatic heterocycles. The van der Waals surface area contributed by atoms with Gasteiger partial charge in [0.1, 0.15) is 11.6 Å². The zero-order valence-electron chi connectivity index (χ0n) is 9.09. The molecule has 0 aliphatic rings. The van der Waals surface area contributed by atoms with Crippen LogP contribution in [0.1, 0.15) is 13.8 Å². The van der Waals surface area contributed by atoms with E-state index in [9.17, 15) is 4.79 Å². The molecule has 1 aromatic carbocycles. The number of alkyl halides is 1. The van der Waals surface area contributed by atoms with E-state index in [1.807, 2.05) is 13.8 Å². The minimum absolute atomic E-state index is 0.00474. The van der Waals surface area contributed by atoms with E-state index in [4.69, 9.17) is 27.9 Å². The molecule has 0 atom stereocenters.